The van der Waals surface area contributed by atoms with Gasteiger partial charge in [0.2, 0.25) is 5.91 Å². The zero-order valence-electron chi connectivity index (χ0n) is 14.5. The molecule has 1 aliphatic heterocycles. The van der Waals surface area contributed by atoms with E-state index in [0.717, 1.165) is 25.9 Å². The molecule has 1 unspecified atom stereocenters. The van der Waals surface area contributed by atoms with Gasteiger partial charge in [0.15, 0.2) is 0 Å². The van der Waals surface area contributed by atoms with Crippen molar-refractivity contribution in [1.82, 2.24) is 9.80 Å². The molecule has 1 fully saturated rings. The number of rotatable bonds is 6. The summed E-state index contributed by atoms with van der Waals surface area (Å²) in [4.78, 5) is 16.4. The maximum absolute atomic E-state index is 12.4. The number of nitrogens with two attached hydrogens (primary N) is 1. The maximum Gasteiger partial charge on any atom is 0.236 e. The molecule has 0 bridgehead atoms. The second kappa shape index (κ2) is 8.67. The normalized spacial score (nSPS) is 21.0. The molecule has 4 nitrogen and oxygen atoms in total. The fourth-order valence-corrected chi connectivity index (χ4v) is 2.98. The number of aryl methyl sites for hydroxylation is 1. The second-order valence-corrected chi connectivity index (χ2v) is 6.90. The highest BCUT2D eigenvalue weighted by atomic mass is 35.5. The Morgan fingerprint density at radius 3 is 2.43 bits per heavy atom. The Hall–Kier alpha value is -1.10. The fraction of sp³-hybridized carbons (Fsp3) is 0.611. The summed E-state index contributed by atoms with van der Waals surface area (Å²) in [6.45, 7) is 8.11. The molecule has 23 heavy (non-hydrogen) atoms. The van der Waals surface area contributed by atoms with Crippen LogP contribution in [-0.4, -0.2) is 48.9 Å². The van der Waals surface area contributed by atoms with Crippen LogP contribution in [0, 0.1) is 5.41 Å². The summed E-state index contributed by atoms with van der Waals surface area (Å²) < 4.78 is 0. The minimum Gasteiger partial charge on any atom is -0.340 e. The van der Waals surface area contributed by atoms with Crippen LogP contribution in [0.4, 0.5) is 0 Å². The highest BCUT2D eigenvalue weighted by Crippen LogP contribution is 2.28. The standard InChI is InChI=1S/C18H29N3O.ClH/c1-4-15-5-7-16(8-6-15)11-20(3)17(22)12-21-10-9-18(2,13-19)14-21;/h5-8H,4,9-14,19H2,1-3H3;1H. The summed E-state index contributed by atoms with van der Waals surface area (Å²) in [5.41, 5.74) is 8.51. The highest BCUT2D eigenvalue weighted by molar-refractivity contribution is 5.85. The molecule has 5 heteroatoms. The van der Waals surface area contributed by atoms with E-state index in [1.807, 2.05) is 11.9 Å². The zero-order valence-corrected chi connectivity index (χ0v) is 15.4. The Kier molecular flexibility index (Phi) is 7.52. The van der Waals surface area contributed by atoms with Crippen molar-refractivity contribution in [1.29, 1.82) is 0 Å². The van der Waals surface area contributed by atoms with Crippen molar-refractivity contribution in [3.63, 3.8) is 0 Å². The van der Waals surface area contributed by atoms with Crippen molar-refractivity contribution in [3.8, 4) is 0 Å². The van der Waals surface area contributed by atoms with Crippen molar-refractivity contribution in [2.24, 2.45) is 11.1 Å². The maximum atomic E-state index is 12.4. The van der Waals surface area contributed by atoms with Crippen LogP contribution >= 0.6 is 12.4 Å². The van der Waals surface area contributed by atoms with Gasteiger partial charge in [0.1, 0.15) is 0 Å². The largest absolute Gasteiger partial charge is 0.340 e. The van der Waals surface area contributed by atoms with Crippen LogP contribution in [0.25, 0.3) is 0 Å². The number of likely N-dealkylation sites (tertiary alicyclic amines) is 1. The summed E-state index contributed by atoms with van der Waals surface area (Å²) in [6.07, 6.45) is 2.13. The number of hydrogen-bond acceptors (Lipinski definition) is 3. The van der Waals surface area contributed by atoms with Gasteiger partial charge < -0.3 is 10.6 Å². The third-order valence-corrected chi connectivity index (χ3v) is 4.77. The fourth-order valence-electron chi connectivity index (χ4n) is 2.98. The lowest BCUT2D eigenvalue weighted by Gasteiger charge is -2.24. The SMILES string of the molecule is CCc1ccc(CN(C)C(=O)CN2CCC(C)(CN)C2)cc1.Cl. The summed E-state index contributed by atoms with van der Waals surface area (Å²) in [6, 6.07) is 8.51. The zero-order chi connectivity index (χ0) is 16.2. The number of hydrogen-bond donors (Lipinski definition) is 1. The van der Waals surface area contributed by atoms with Gasteiger partial charge in [0.05, 0.1) is 6.54 Å². The lowest BCUT2D eigenvalue weighted by atomic mass is 9.90. The van der Waals surface area contributed by atoms with Crippen LogP contribution in [-0.2, 0) is 17.8 Å². The van der Waals surface area contributed by atoms with Crippen LogP contribution in [0.2, 0.25) is 0 Å². The number of likely N-dealkylation sites (N-methyl/N-ethyl adjacent to an activating group) is 1. The molecule has 0 saturated carbocycles. The van der Waals surface area contributed by atoms with Gasteiger partial charge >= 0.3 is 0 Å². The summed E-state index contributed by atoms with van der Waals surface area (Å²) in [7, 11) is 1.88. The lowest BCUT2D eigenvalue weighted by molar-refractivity contribution is -0.131. The Balaban J connectivity index is 0.00000264. The first kappa shape index (κ1) is 19.9. The molecule has 1 amide bonds. The topological polar surface area (TPSA) is 49.6 Å². The minimum atomic E-state index is 0. The minimum absolute atomic E-state index is 0. The average Bonchev–Trinajstić information content (AvgIpc) is 2.90. The highest BCUT2D eigenvalue weighted by Gasteiger charge is 2.33. The van der Waals surface area contributed by atoms with E-state index < -0.39 is 0 Å². The summed E-state index contributed by atoms with van der Waals surface area (Å²) in [5, 5.41) is 0. The van der Waals surface area contributed by atoms with Crippen LogP contribution in [0.15, 0.2) is 24.3 Å². The molecule has 130 valence electrons. The van der Waals surface area contributed by atoms with Crippen molar-refractivity contribution < 1.29 is 4.79 Å². The van der Waals surface area contributed by atoms with Crippen molar-refractivity contribution in [2.75, 3.05) is 33.2 Å². The van der Waals surface area contributed by atoms with Crippen LogP contribution in [0.3, 0.4) is 0 Å². The summed E-state index contributed by atoms with van der Waals surface area (Å²) >= 11 is 0. The molecule has 1 aliphatic rings. The number of carbonyl (C=O) groups is 1. The molecular formula is C18H30ClN3O. The first-order chi connectivity index (χ1) is 10.5. The molecule has 1 aromatic rings. The van der Waals surface area contributed by atoms with Gasteiger partial charge in [-0.05, 0) is 42.5 Å². The van der Waals surface area contributed by atoms with Crippen molar-refractivity contribution in [3.05, 3.63) is 35.4 Å². The van der Waals surface area contributed by atoms with Gasteiger partial charge in [-0.25, -0.2) is 0 Å². The third kappa shape index (κ3) is 5.48. The van der Waals surface area contributed by atoms with Gasteiger partial charge in [-0.15, -0.1) is 12.4 Å². The third-order valence-electron chi connectivity index (χ3n) is 4.77. The predicted octanol–water partition coefficient (Wildman–Crippen LogP) is 2.30. The van der Waals surface area contributed by atoms with Crippen LogP contribution in [0.5, 0.6) is 0 Å². The molecule has 1 saturated heterocycles. The quantitative estimate of drug-likeness (QED) is 0.865. The number of carbonyl (C=O) groups excluding carboxylic acids is 1. The van der Waals surface area contributed by atoms with E-state index in [2.05, 4.69) is 43.0 Å². The molecule has 0 aromatic heterocycles. The smallest absolute Gasteiger partial charge is 0.236 e. The van der Waals surface area contributed by atoms with E-state index in [0.29, 0.717) is 19.6 Å². The van der Waals surface area contributed by atoms with E-state index in [-0.39, 0.29) is 23.7 Å². The average molecular weight is 340 g/mol. The van der Waals surface area contributed by atoms with Crippen molar-refractivity contribution in [2.45, 2.75) is 33.2 Å². The molecule has 1 aromatic carbocycles. The Morgan fingerprint density at radius 1 is 1.30 bits per heavy atom. The number of nitrogens with zero attached hydrogens (tertiary/aromatic N) is 2. The molecule has 0 aliphatic carbocycles. The summed E-state index contributed by atoms with van der Waals surface area (Å²) in [5.74, 6) is 0.181. The molecule has 2 N–H and O–H groups in total. The lowest BCUT2D eigenvalue weighted by Crippen LogP contribution is -2.39. The van der Waals surface area contributed by atoms with E-state index in [4.69, 9.17) is 5.73 Å². The number of halogens is 1. The molecule has 1 atom stereocenters. The van der Waals surface area contributed by atoms with E-state index in [1.54, 1.807) is 0 Å². The predicted molar refractivity (Wildman–Crippen MR) is 97.8 cm³/mol. The first-order valence-electron chi connectivity index (χ1n) is 8.20. The van der Waals surface area contributed by atoms with Crippen LogP contribution in [0.1, 0.15) is 31.4 Å². The molecule has 2 rings (SSSR count). The van der Waals surface area contributed by atoms with Gasteiger partial charge in [-0.3, -0.25) is 9.69 Å². The van der Waals surface area contributed by atoms with E-state index in [1.165, 1.54) is 11.1 Å². The Bertz CT molecular complexity index is 505. The Morgan fingerprint density at radius 2 is 1.91 bits per heavy atom. The molecule has 1 heterocycles. The first-order valence-corrected chi connectivity index (χ1v) is 8.20. The molecular weight excluding hydrogens is 310 g/mol. The molecule has 0 spiro atoms. The van der Waals surface area contributed by atoms with Crippen LogP contribution < -0.4 is 5.73 Å². The van der Waals surface area contributed by atoms with Gasteiger partial charge in [0.25, 0.3) is 0 Å². The monoisotopic (exact) mass is 339 g/mol. The van der Waals surface area contributed by atoms with Gasteiger partial charge in [-0.2, -0.15) is 0 Å². The van der Waals surface area contributed by atoms with Gasteiger partial charge in [-0.1, -0.05) is 38.1 Å². The number of amides is 1. The second-order valence-electron chi connectivity index (χ2n) is 6.90. The van der Waals surface area contributed by atoms with Gasteiger partial charge in [0, 0.05) is 20.1 Å². The number of benzene rings is 1. The van der Waals surface area contributed by atoms with E-state index >= 15 is 0 Å². The molecule has 0 radical (unpaired) electrons. The van der Waals surface area contributed by atoms with E-state index in [9.17, 15) is 4.79 Å². The Labute approximate surface area is 146 Å². The van der Waals surface area contributed by atoms with Crippen molar-refractivity contribution >= 4 is 18.3 Å².